The first-order valence-corrected chi connectivity index (χ1v) is 14.3. The average Bonchev–Trinajstić information content (AvgIpc) is 2.91. The van der Waals surface area contributed by atoms with Crippen LogP contribution in [-0.2, 0) is 28.4 Å². The molecule has 2 bridgehead atoms. The van der Waals surface area contributed by atoms with Crippen LogP contribution in [0.15, 0.2) is 82.9 Å². The van der Waals surface area contributed by atoms with Gasteiger partial charge in [0, 0.05) is 23.7 Å². The number of fused-ring (bicyclic) bond motifs is 1. The summed E-state index contributed by atoms with van der Waals surface area (Å²) >= 11 is 0. The fourth-order valence-corrected chi connectivity index (χ4v) is 8.11. The third-order valence-corrected chi connectivity index (χ3v) is 10.1. The molecule has 1 N–H and O–H groups in total. The standard InChI is InChI=1S/C29H31N3O3S/c33-30-23-11-13-25(14-12-23)36(34,35)31-24-10-9-22-18-28-26-8-4-5-15-29(26,27(22)19-24)16-17-32(28)20-21-6-2-1-3-7-21/h1-3,6-7,9-14,19,26,28,31H,4-5,8,15-18,20H2. The van der Waals surface area contributed by atoms with Crippen molar-refractivity contribution in [2.24, 2.45) is 11.1 Å². The number of nitrogens with one attached hydrogen (secondary N) is 1. The Morgan fingerprint density at radius 1 is 0.972 bits per heavy atom. The van der Waals surface area contributed by atoms with Crippen LogP contribution in [0.5, 0.6) is 0 Å². The first-order chi connectivity index (χ1) is 17.5. The second kappa shape index (κ2) is 9.12. The molecule has 0 aromatic heterocycles. The summed E-state index contributed by atoms with van der Waals surface area (Å²) in [5, 5.41) is 2.85. The van der Waals surface area contributed by atoms with Gasteiger partial charge in [0.15, 0.2) is 0 Å². The Kier molecular flexibility index (Phi) is 5.92. The summed E-state index contributed by atoms with van der Waals surface area (Å²) in [5.41, 5.74) is 5.02. The summed E-state index contributed by atoms with van der Waals surface area (Å²) in [5.74, 6) is 0.603. The lowest BCUT2D eigenvalue weighted by Crippen LogP contribution is -2.60. The summed E-state index contributed by atoms with van der Waals surface area (Å²) in [4.78, 5) is 13.5. The van der Waals surface area contributed by atoms with E-state index < -0.39 is 10.0 Å². The lowest BCUT2D eigenvalue weighted by Gasteiger charge is -2.59. The maximum Gasteiger partial charge on any atom is 0.261 e. The van der Waals surface area contributed by atoms with Gasteiger partial charge in [-0.25, -0.2) is 8.42 Å². The smallest absolute Gasteiger partial charge is 0.261 e. The van der Waals surface area contributed by atoms with Gasteiger partial charge in [-0.3, -0.25) is 9.62 Å². The van der Waals surface area contributed by atoms with Crippen LogP contribution in [0.2, 0.25) is 0 Å². The van der Waals surface area contributed by atoms with Crippen molar-refractivity contribution in [1.29, 1.82) is 0 Å². The fraction of sp³-hybridized carbons (Fsp3) is 0.379. The van der Waals surface area contributed by atoms with E-state index in [1.54, 1.807) is 0 Å². The van der Waals surface area contributed by atoms with Gasteiger partial charge >= 0.3 is 0 Å². The van der Waals surface area contributed by atoms with Crippen molar-refractivity contribution in [2.45, 2.75) is 61.4 Å². The number of hydrogen-bond donors (Lipinski definition) is 1. The highest BCUT2D eigenvalue weighted by atomic mass is 32.2. The van der Waals surface area contributed by atoms with E-state index in [4.69, 9.17) is 0 Å². The minimum Gasteiger partial charge on any atom is -0.295 e. The highest BCUT2D eigenvalue weighted by molar-refractivity contribution is 7.92. The Morgan fingerprint density at radius 3 is 2.56 bits per heavy atom. The van der Waals surface area contributed by atoms with Gasteiger partial charge in [-0.1, -0.05) is 49.2 Å². The van der Waals surface area contributed by atoms with E-state index in [-0.39, 0.29) is 16.0 Å². The number of piperidine rings is 1. The molecule has 6 nitrogen and oxygen atoms in total. The minimum atomic E-state index is -3.76. The highest BCUT2D eigenvalue weighted by Crippen LogP contribution is 2.56. The molecule has 6 rings (SSSR count). The number of hydrogen-bond acceptors (Lipinski definition) is 5. The van der Waals surface area contributed by atoms with E-state index in [2.05, 4.69) is 57.3 Å². The van der Waals surface area contributed by atoms with E-state index in [0.717, 1.165) is 25.9 Å². The lowest BCUT2D eigenvalue weighted by atomic mass is 9.52. The van der Waals surface area contributed by atoms with Crippen molar-refractivity contribution >= 4 is 21.4 Å². The van der Waals surface area contributed by atoms with Crippen molar-refractivity contribution in [3.05, 3.63) is 94.4 Å². The number of nitrogens with zero attached hydrogens (tertiary/aromatic N) is 2. The Labute approximate surface area is 212 Å². The van der Waals surface area contributed by atoms with Crippen LogP contribution in [0.4, 0.5) is 11.4 Å². The van der Waals surface area contributed by atoms with E-state index in [1.165, 1.54) is 66.6 Å². The molecule has 1 aliphatic heterocycles. The Morgan fingerprint density at radius 2 is 1.78 bits per heavy atom. The predicted molar refractivity (Wildman–Crippen MR) is 142 cm³/mol. The molecule has 1 saturated carbocycles. The van der Waals surface area contributed by atoms with Crippen molar-refractivity contribution < 1.29 is 8.42 Å². The molecule has 2 aliphatic carbocycles. The minimum absolute atomic E-state index is 0.121. The van der Waals surface area contributed by atoms with Gasteiger partial charge < -0.3 is 0 Å². The number of sulfonamides is 1. The molecule has 1 heterocycles. The summed E-state index contributed by atoms with van der Waals surface area (Å²) in [6, 6.07) is 23.1. The summed E-state index contributed by atoms with van der Waals surface area (Å²) in [6.07, 6.45) is 7.05. The van der Waals surface area contributed by atoms with Crippen molar-refractivity contribution in [3.63, 3.8) is 0 Å². The molecule has 3 atom stereocenters. The molecule has 2 fully saturated rings. The van der Waals surface area contributed by atoms with E-state index in [1.807, 2.05) is 6.07 Å². The zero-order valence-electron chi connectivity index (χ0n) is 20.3. The monoisotopic (exact) mass is 501 g/mol. The molecule has 3 aromatic carbocycles. The number of anilines is 1. The van der Waals surface area contributed by atoms with E-state index >= 15 is 0 Å². The normalized spacial score (nSPS) is 25.4. The fourth-order valence-electron chi connectivity index (χ4n) is 7.06. The van der Waals surface area contributed by atoms with Gasteiger partial charge in [0.1, 0.15) is 5.69 Å². The molecule has 0 spiro atoms. The molecule has 3 aliphatic rings. The number of nitroso groups, excluding NO2 is 1. The second-order valence-corrected chi connectivity index (χ2v) is 12.2. The van der Waals surface area contributed by atoms with Crippen LogP contribution in [0.1, 0.15) is 48.8 Å². The SMILES string of the molecule is O=Nc1ccc(S(=O)(=O)Nc2ccc3c(c2)C24CCCCC2C(C3)N(Cc2ccccc2)CC4)cc1. The molecule has 7 heteroatoms. The third-order valence-electron chi connectivity index (χ3n) is 8.68. The van der Waals surface area contributed by atoms with Gasteiger partial charge in [0.2, 0.25) is 0 Å². The van der Waals surface area contributed by atoms with Gasteiger partial charge in [-0.05, 0) is 96.4 Å². The largest absolute Gasteiger partial charge is 0.295 e. The molecular formula is C29H31N3O3S. The quantitative estimate of drug-likeness (QED) is 0.411. The van der Waals surface area contributed by atoms with Gasteiger partial charge in [0.25, 0.3) is 10.0 Å². The van der Waals surface area contributed by atoms with Crippen molar-refractivity contribution in [1.82, 2.24) is 4.90 Å². The van der Waals surface area contributed by atoms with Crippen molar-refractivity contribution in [2.75, 3.05) is 11.3 Å². The third kappa shape index (κ3) is 4.04. The molecule has 0 amide bonds. The number of likely N-dealkylation sites (tertiary alicyclic amines) is 1. The molecular weight excluding hydrogens is 470 g/mol. The first-order valence-electron chi connectivity index (χ1n) is 12.9. The van der Waals surface area contributed by atoms with Crippen LogP contribution >= 0.6 is 0 Å². The van der Waals surface area contributed by atoms with Crippen LogP contribution in [0.25, 0.3) is 0 Å². The Hall–Kier alpha value is -3.03. The Balaban J connectivity index is 1.31. The molecule has 0 radical (unpaired) electrons. The molecule has 3 aromatic rings. The summed E-state index contributed by atoms with van der Waals surface area (Å²) in [6.45, 7) is 2.06. The summed E-state index contributed by atoms with van der Waals surface area (Å²) < 4.78 is 28.9. The number of benzene rings is 3. The number of rotatable bonds is 6. The Bertz CT molecular complexity index is 1370. The summed E-state index contributed by atoms with van der Waals surface area (Å²) in [7, 11) is -3.76. The second-order valence-electron chi connectivity index (χ2n) is 10.5. The van der Waals surface area contributed by atoms with Crippen molar-refractivity contribution in [3.8, 4) is 0 Å². The van der Waals surface area contributed by atoms with Gasteiger partial charge in [-0.15, -0.1) is 4.91 Å². The topological polar surface area (TPSA) is 78.8 Å². The predicted octanol–water partition coefficient (Wildman–Crippen LogP) is 6.14. The highest BCUT2D eigenvalue weighted by Gasteiger charge is 2.53. The maximum absolute atomic E-state index is 13.1. The lowest BCUT2D eigenvalue weighted by molar-refractivity contribution is -0.0156. The van der Waals surface area contributed by atoms with Crippen LogP contribution in [0, 0.1) is 10.8 Å². The molecule has 1 saturated heterocycles. The van der Waals surface area contributed by atoms with E-state index in [9.17, 15) is 13.3 Å². The van der Waals surface area contributed by atoms with Crippen LogP contribution in [-0.4, -0.2) is 25.9 Å². The van der Waals surface area contributed by atoms with Crippen LogP contribution < -0.4 is 4.72 Å². The average molecular weight is 502 g/mol. The zero-order chi connectivity index (χ0) is 24.8. The maximum atomic E-state index is 13.1. The van der Waals surface area contributed by atoms with Gasteiger partial charge in [-0.2, -0.15) is 0 Å². The molecule has 36 heavy (non-hydrogen) atoms. The molecule has 186 valence electrons. The van der Waals surface area contributed by atoms with Gasteiger partial charge in [0.05, 0.1) is 4.90 Å². The first kappa shape index (κ1) is 23.4. The van der Waals surface area contributed by atoms with Crippen LogP contribution in [0.3, 0.4) is 0 Å². The zero-order valence-corrected chi connectivity index (χ0v) is 21.1. The molecule has 3 unspecified atom stereocenters. The van der Waals surface area contributed by atoms with E-state index in [0.29, 0.717) is 17.6 Å².